The zero-order valence-corrected chi connectivity index (χ0v) is 14.7. The molecule has 0 aliphatic rings. The van der Waals surface area contributed by atoms with Crippen molar-refractivity contribution in [1.82, 2.24) is 14.8 Å². The van der Waals surface area contributed by atoms with Crippen molar-refractivity contribution in [3.05, 3.63) is 74.2 Å². The number of nitro benzene ring substituents is 1. The molecule has 1 amide bonds. The van der Waals surface area contributed by atoms with Crippen molar-refractivity contribution in [1.29, 1.82) is 0 Å². The van der Waals surface area contributed by atoms with Gasteiger partial charge in [-0.05, 0) is 46.3 Å². The van der Waals surface area contributed by atoms with E-state index in [9.17, 15) is 14.9 Å². The van der Waals surface area contributed by atoms with Crippen LogP contribution in [0.4, 0.5) is 11.4 Å². The second-order valence-corrected chi connectivity index (χ2v) is 6.17. The minimum atomic E-state index is -0.568. The summed E-state index contributed by atoms with van der Waals surface area (Å²) in [6.07, 6.45) is 2.83. The number of benzene rings is 2. The van der Waals surface area contributed by atoms with Gasteiger partial charge < -0.3 is 5.32 Å². The topological polar surface area (TPSA) is 103 Å². The Morgan fingerprint density at radius 1 is 1.28 bits per heavy atom. The predicted octanol–water partition coefficient (Wildman–Crippen LogP) is 3.84. The lowest BCUT2D eigenvalue weighted by Crippen LogP contribution is -2.14. The molecule has 0 unspecified atom stereocenters. The molecule has 1 N–H and O–H groups in total. The Labute approximate surface area is 154 Å². The van der Waals surface area contributed by atoms with Gasteiger partial charge in [-0.25, -0.2) is 9.67 Å². The summed E-state index contributed by atoms with van der Waals surface area (Å²) in [5, 5.41) is 18.1. The van der Waals surface area contributed by atoms with E-state index in [0.717, 1.165) is 0 Å². The molecular weight excluding hydrogens is 414 g/mol. The van der Waals surface area contributed by atoms with Crippen molar-refractivity contribution in [2.24, 2.45) is 0 Å². The van der Waals surface area contributed by atoms with E-state index in [1.54, 1.807) is 18.2 Å². The van der Waals surface area contributed by atoms with Gasteiger partial charge in [0.15, 0.2) is 0 Å². The number of hydrogen-bond donors (Lipinski definition) is 1. The molecule has 0 aliphatic heterocycles. The fourth-order valence-corrected chi connectivity index (χ4v) is 2.69. The summed E-state index contributed by atoms with van der Waals surface area (Å²) in [6, 6.07) is 9.01. The molecular formula is C15H9BrClN5O3. The molecule has 0 radical (unpaired) electrons. The molecule has 3 aromatic rings. The van der Waals surface area contributed by atoms with Gasteiger partial charge in [0.05, 0.1) is 20.8 Å². The van der Waals surface area contributed by atoms with Crippen LogP contribution in [-0.2, 0) is 0 Å². The minimum absolute atomic E-state index is 0.138. The van der Waals surface area contributed by atoms with Gasteiger partial charge in [-0.3, -0.25) is 14.9 Å². The van der Waals surface area contributed by atoms with Crippen LogP contribution in [0.2, 0.25) is 5.02 Å². The fourth-order valence-electron chi connectivity index (χ4n) is 2.13. The number of carbonyl (C=O) groups excluding carboxylic acids is 1. The smallest absolute Gasteiger partial charge is 0.284 e. The Bertz CT molecular complexity index is 962. The summed E-state index contributed by atoms with van der Waals surface area (Å²) >= 11 is 9.09. The number of carbonyl (C=O) groups is 1. The largest absolute Gasteiger partial charge is 0.320 e. The number of aromatic nitrogens is 3. The third-order valence-electron chi connectivity index (χ3n) is 3.28. The zero-order valence-electron chi connectivity index (χ0n) is 12.4. The van der Waals surface area contributed by atoms with Crippen molar-refractivity contribution < 1.29 is 9.72 Å². The van der Waals surface area contributed by atoms with E-state index in [1.807, 2.05) is 0 Å². The number of nitrogens with zero attached hydrogens (tertiary/aromatic N) is 4. The summed E-state index contributed by atoms with van der Waals surface area (Å²) in [5.41, 5.74) is 0.894. The highest BCUT2D eigenvalue weighted by atomic mass is 79.9. The van der Waals surface area contributed by atoms with Crippen LogP contribution in [0.3, 0.4) is 0 Å². The van der Waals surface area contributed by atoms with Gasteiger partial charge in [0.1, 0.15) is 12.7 Å². The Morgan fingerprint density at radius 3 is 2.76 bits per heavy atom. The number of rotatable bonds is 4. The highest BCUT2D eigenvalue weighted by molar-refractivity contribution is 9.10. The molecule has 0 bridgehead atoms. The van der Waals surface area contributed by atoms with Crippen LogP contribution in [0.15, 0.2) is 53.5 Å². The van der Waals surface area contributed by atoms with Crippen LogP contribution in [-0.4, -0.2) is 25.6 Å². The number of halogens is 2. The maximum Gasteiger partial charge on any atom is 0.284 e. The average Bonchev–Trinajstić information content (AvgIpc) is 3.09. The van der Waals surface area contributed by atoms with Crippen LogP contribution in [0.1, 0.15) is 10.4 Å². The zero-order chi connectivity index (χ0) is 18.0. The van der Waals surface area contributed by atoms with Crippen LogP contribution in [0.25, 0.3) is 5.69 Å². The molecule has 25 heavy (non-hydrogen) atoms. The van der Waals surface area contributed by atoms with E-state index < -0.39 is 10.8 Å². The van der Waals surface area contributed by atoms with E-state index in [2.05, 4.69) is 31.3 Å². The molecule has 3 rings (SSSR count). The quantitative estimate of drug-likeness (QED) is 0.508. The number of anilines is 1. The van der Waals surface area contributed by atoms with Crippen molar-refractivity contribution in [3.63, 3.8) is 0 Å². The first kappa shape index (κ1) is 17.1. The molecule has 8 nitrogen and oxygen atoms in total. The third-order valence-corrected chi connectivity index (χ3v) is 4.18. The Morgan fingerprint density at radius 2 is 2.08 bits per heavy atom. The molecule has 0 saturated heterocycles. The SMILES string of the molecule is O=C(Nc1cc(Cl)ccc1-n1cncn1)c1ccc(Br)c([N+](=O)[O-])c1. The van der Waals surface area contributed by atoms with Gasteiger partial charge in [-0.1, -0.05) is 11.6 Å². The molecule has 1 heterocycles. The first-order valence-corrected chi connectivity index (χ1v) is 8.02. The van der Waals surface area contributed by atoms with E-state index in [-0.39, 0.29) is 11.3 Å². The van der Waals surface area contributed by atoms with Crippen molar-refractivity contribution >= 4 is 44.8 Å². The standard InChI is InChI=1S/C15H9BrClN5O3/c16-11-3-1-9(5-14(11)22(24)25)15(23)20-12-6-10(17)2-4-13(12)21-8-18-7-19-21/h1-8H,(H,20,23). The minimum Gasteiger partial charge on any atom is -0.320 e. The monoisotopic (exact) mass is 421 g/mol. The second kappa shape index (κ2) is 6.99. The maximum atomic E-state index is 12.5. The third kappa shape index (κ3) is 3.67. The van der Waals surface area contributed by atoms with Gasteiger partial charge >= 0.3 is 0 Å². The first-order valence-electron chi connectivity index (χ1n) is 6.85. The van der Waals surface area contributed by atoms with Crippen LogP contribution in [0, 0.1) is 10.1 Å². The van der Waals surface area contributed by atoms with Crippen LogP contribution >= 0.6 is 27.5 Å². The van der Waals surface area contributed by atoms with E-state index in [1.165, 1.54) is 35.5 Å². The van der Waals surface area contributed by atoms with E-state index in [0.29, 0.717) is 20.9 Å². The number of nitrogens with one attached hydrogen (secondary N) is 1. The van der Waals surface area contributed by atoms with E-state index in [4.69, 9.17) is 11.6 Å². The lowest BCUT2D eigenvalue weighted by molar-refractivity contribution is -0.385. The summed E-state index contributed by atoms with van der Waals surface area (Å²) in [5.74, 6) is -0.515. The van der Waals surface area contributed by atoms with Gasteiger partial charge in [-0.15, -0.1) is 0 Å². The highest BCUT2D eigenvalue weighted by Gasteiger charge is 2.17. The van der Waals surface area contributed by atoms with Crippen molar-refractivity contribution in [2.75, 3.05) is 5.32 Å². The van der Waals surface area contributed by atoms with E-state index >= 15 is 0 Å². The molecule has 1 aromatic heterocycles. The number of hydrogen-bond acceptors (Lipinski definition) is 5. The average molecular weight is 423 g/mol. The van der Waals surface area contributed by atoms with Gasteiger partial charge in [0, 0.05) is 16.7 Å². The molecule has 0 aliphatic carbocycles. The second-order valence-electron chi connectivity index (χ2n) is 4.88. The Balaban J connectivity index is 1.95. The molecule has 10 heteroatoms. The van der Waals surface area contributed by atoms with Gasteiger partial charge in [0.2, 0.25) is 0 Å². The fraction of sp³-hybridized carbons (Fsp3) is 0. The lowest BCUT2D eigenvalue weighted by Gasteiger charge is -2.11. The summed E-state index contributed by atoms with van der Waals surface area (Å²) in [7, 11) is 0. The molecule has 0 spiro atoms. The molecule has 0 atom stereocenters. The Kier molecular flexibility index (Phi) is 4.77. The molecule has 126 valence electrons. The normalized spacial score (nSPS) is 10.5. The molecule has 0 saturated carbocycles. The summed E-state index contributed by atoms with van der Waals surface area (Å²) in [4.78, 5) is 26.8. The van der Waals surface area contributed by atoms with Crippen molar-refractivity contribution in [3.8, 4) is 5.69 Å². The maximum absolute atomic E-state index is 12.5. The van der Waals surface area contributed by atoms with Crippen LogP contribution in [0.5, 0.6) is 0 Å². The number of amides is 1. The van der Waals surface area contributed by atoms with Crippen molar-refractivity contribution in [2.45, 2.75) is 0 Å². The van der Waals surface area contributed by atoms with Crippen LogP contribution < -0.4 is 5.32 Å². The molecule has 0 fully saturated rings. The van der Waals surface area contributed by atoms with Gasteiger partial charge in [0.25, 0.3) is 11.6 Å². The first-order chi connectivity index (χ1) is 12.0. The van der Waals surface area contributed by atoms with Gasteiger partial charge in [-0.2, -0.15) is 5.10 Å². The highest BCUT2D eigenvalue weighted by Crippen LogP contribution is 2.28. The number of nitro groups is 1. The lowest BCUT2D eigenvalue weighted by atomic mass is 10.1. The molecule has 2 aromatic carbocycles. The summed E-state index contributed by atoms with van der Waals surface area (Å²) < 4.78 is 1.76. The Hall–Kier alpha value is -2.78. The predicted molar refractivity (Wildman–Crippen MR) is 95.1 cm³/mol. The summed E-state index contributed by atoms with van der Waals surface area (Å²) in [6.45, 7) is 0.